The lowest BCUT2D eigenvalue weighted by Crippen LogP contribution is -2.28. The zero-order valence-corrected chi connectivity index (χ0v) is 37.4. The summed E-state index contributed by atoms with van der Waals surface area (Å²) in [6, 6.07) is 0. The molecule has 1 unspecified atom stereocenters. The molecule has 0 heterocycles. The molecule has 0 saturated heterocycles. The third-order valence-electron chi connectivity index (χ3n) is 10.9. The smallest absolute Gasteiger partial charge is 0.306 e. The zero-order chi connectivity index (χ0) is 40.7. The van der Waals surface area contributed by atoms with Gasteiger partial charge in [0.25, 0.3) is 0 Å². The van der Waals surface area contributed by atoms with Crippen molar-refractivity contribution in [2.24, 2.45) is 0 Å². The maximum Gasteiger partial charge on any atom is 0.306 e. The van der Waals surface area contributed by atoms with Crippen LogP contribution in [-0.4, -0.2) is 36.4 Å². The molecule has 328 valence electrons. The average Bonchev–Trinajstić information content (AvgIpc) is 3.20. The van der Waals surface area contributed by atoms with Crippen LogP contribution in [0.4, 0.5) is 0 Å². The Kier molecular flexibility index (Phi) is 45.9. The molecule has 1 atom stereocenters. The van der Waals surface area contributed by atoms with E-state index < -0.39 is 6.10 Å². The topological polar surface area (TPSA) is 72.8 Å². The van der Waals surface area contributed by atoms with Gasteiger partial charge in [-0.2, -0.15) is 0 Å². The Bertz CT molecular complexity index is 893. The summed E-state index contributed by atoms with van der Waals surface area (Å²) in [5, 5.41) is 9.60. The highest BCUT2D eigenvalue weighted by Crippen LogP contribution is 2.17. The van der Waals surface area contributed by atoms with Crippen molar-refractivity contribution >= 4 is 11.9 Å². The van der Waals surface area contributed by atoms with E-state index in [9.17, 15) is 14.7 Å². The summed E-state index contributed by atoms with van der Waals surface area (Å²) in [7, 11) is 0. The second-order valence-electron chi connectivity index (χ2n) is 16.5. The maximum atomic E-state index is 12.2. The minimum Gasteiger partial charge on any atom is -0.462 e. The molecule has 0 fully saturated rings. The summed E-state index contributed by atoms with van der Waals surface area (Å²) in [5.74, 6) is -0.591. The highest BCUT2D eigenvalue weighted by atomic mass is 16.6. The quantitative estimate of drug-likeness (QED) is 0.0378. The fraction of sp³-hybridized carbons (Fsp3) is 0.843. The minimum absolute atomic E-state index is 0.0664. The molecule has 0 spiro atoms. The number of hydrogen-bond acceptors (Lipinski definition) is 5. The molecule has 0 aromatic carbocycles. The second kappa shape index (κ2) is 47.5. The van der Waals surface area contributed by atoms with Gasteiger partial charge < -0.3 is 14.6 Å². The van der Waals surface area contributed by atoms with E-state index in [1.807, 2.05) is 0 Å². The van der Waals surface area contributed by atoms with Gasteiger partial charge in [0.05, 0.1) is 6.61 Å². The van der Waals surface area contributed by atoms with Gasteiger partial charge in [-0.15, -0.1) is 0 Å². The van der Waals surface area contributed by atoms with Gasteiger partial charge in [0.15, 0.2) is 6.10 Å². The molecule has 0 bridgehead atoms. The van der Waals surface area contributed by atoms with Gasteiger partial charge in [0, 0.05) is 12.8 Å². The van der Waals surface area contributed by atoms with Gasteiger partial charge in [0.2, 0.25) is 0 Å². The molecule has 0 rings (SSSR count). The van der Waals surface area contributed by atoms with E-state index >= 15 is 0 Å². The Labute approximate surface area is 348 Å². The summed E-state index contributed by atoms with van der Waals surface area (Å²) in [6.45, 7) is 4.05. The number of carbonyl (C=O) groups excluding carboxylic acids is 2. The van der Waals surface area contributed by atoms with Gasteiger partial charge in [0.1, 0.15) is 6.61 Å². The lowest BCUT2D eigenvalue weighted by atomic mass is 10.0. The maximum absolute atomic E-state index is 12.2. The van der Waals surface area contributed by atoms with Crippen molar-refractivity contribution in [1.29, 1.82) is 0 Å². The average molecular weight is 787 g/mol. The fourth-order valence-corrected chi connectivity index (χ4v) is 7.28. The molecule has 0 amide bonds. The molecule has 0 aliphatic rings. The molecule has 0 aromatic heterocycles. The van der Waals surface area contributed by atoms with Gasteiger partial charge in [-0.3, -0.25) is 9.59 Å². The van der Waals surface area contributed by atoms with Crippen molar-refractivity contribution < 1.29 is 24.2 Å². The van der Waals surface area contributed by atoms with Crippen LogP contribution >= 0.6 is 0 Å². The number of rotatable bonds is 45. The number of hydrogen-bond donors (Lipinski definition) is 1. The molecule has 0 aliphatic heterocycles. The Morgan fingerprint density at radius 2 is 0.768 bits per heavy atom. The number of ether oxygens (including phenoxy) is 2. The monoisotopic (exact) mass is 787 g/mol. The minimum atomic E-state index is -0.775. The lowest BCUT2D eigenvalue weighted by molar-refractivity contribution is -0.161. The number of esters is 2. The number of allylic oxidation sites excluding steroid dienone is 6. The van der Waals surface area contributed by atoms with Crippen LogP contribution in [0.3, 0.4) is 0 Å². The van der Waals surface area contributed by atoms with E-state index in [4.69, 9.17) is 9.47 Å². The summed E-state index contributed by atoms with van der Waals surface area (Å²) in [6.07, 6.45) is 59.5. The summed E-state index contributed by atoms with van der Waals surface area (Å²) in [5.41, 5.74) is 0. The van der Waals surface area contributed by atoms with Crippen LogP contribution in [0.1, 0.15) is 258 Å². The second-order valence-corrected chi connectivity index (χ2v) is 16.5. The van der Waals surface area contributed by atoms with Crippen LogP contribution in [0.15, 0.2) is 36.5 Å². The molecular weight excluding hydrogens is 693 g/mol. The standard InChI is InChI=1S/C51H94O5/c1-3-5-7-9-11-13-15-17-19-21-22-23-24-25-26-27-28-30-31-33-35-37-39-41-43-45-50(53)55-48-49(47-52)56-51(54)46-44-42-40-38-36-34-32-29-20-18-16-14-12-10-8-6-4-2/h6,8,12,14,18,20,49,52H,3-5,7,9-11,13,15-17,19,21-48H2,1-2H3/b8-6-,14-12-,20-18-. The SMILES string of the molecule is CC/C=C\C/C=C\C/C=C\CCCCCCCCCC(=O)OC(CO)COC(=O)CCCCCCCCCCCCCCCCCCCCCCCCCCC. The van der Waals surface area contributed by atoms with Crippen LogP contribution in [0.25, 0.3) is 0 Å². The van der Waals surface area contributed by atoms with E-state index in [0.717, 1.165) is 64.2 Å². The van der Waals surface area contributed by atoms with Crippen molar-refractivity contribution in [3.63, 3.8) is 0 Å². The first-order valence-corrected chi connectivity index (χ1v) is 24.5. The predicted molar refractivity (Wildman–Crippen MR) is 242 cm³/mol. The van der Waals surface area contributed by atoms with Crippen LogP contribution < -0.4 is 0 Å². The normalized spacial score (nSPS) is 12.4. The number of carbonyl (C=O) groups is 2. The summed E-state index contributed by atoms with van der Waals surface area (Å²) >= 11 is 0. The summed E-state index contributed by atoms with van der Waals surface area (Å²) in [4.78, 5) is 24.4. The van der Waals surface area contributed by atoms with Crippen molar-refractivity contribution in [1.82, 2.24) is 0 Å². The van der Waals surface area contributed by atoms with Crippen LogP contribution in [-0.2, 0) is 19.1 Å². The largest absolute Gasteiger partial charge is 0.462 e. The summed E-state index contributed by atoms with van der Waals surface area (Å²) < 4.78 is 10.7. The first-order valence-electron chi connectivity index (χ1n) is 24.5. The fourth-order valence-electron chi connectivity index (χ4n) is 7.28. The molecule has 0 aromatic rings. The molecule has 56 heavy (non-hydrogen) atoms. The van der Waals surface area contributed by atoms with E-state index in [-0.39, 0.29) is 25.2 Å². The third-order valence-corrected chi connectivity index (χ3v) is 10.9. The molecule has 0 aliphatic carbocycles. The Balaban J connectivity index is 3.46. The van der Waals surface area contributed by atoms with Crippen molar-refractivity contribution in [2.45, 2.75) is 264 Å². The molecule has 0 saturated carbocycles. The highest BCUT2D eigenvalue weighted by molar-refractivity contribution is 5.70. The molecular formula is C51H94O5. The number of unbranched alkanes of at least 4 members (excludes halogenated alkanes) is 31. The lowest BCUT2D eigenvalue weighted by Gasteiger charge is -2.15. The van der Waals surface area contributed by atoms with Crippen molar-refractivity contribution in [3.8, 4) is 0 Å². The Morgan fingerprint density at radius 3 is 1.16 bits per heavy atom. The van der Waals surface area contributed by atoms with E-state index in [0.29, 0.717) is 12.8 Å². The first-order chi connectivity index (χ1) is 27.6. The molecule has 1 N–H and O–H groups in total. The van der Waals surface area contributed by atoms with Gasteiger partial charge >= 0.3 is 11.9 Å². The van der Waals surface area contributed by atoms with Crippen molar-refractivity contribution in [2.75, 3.05) is 13.2 Å². The highest BCUT2D eigenvalue weighted by Gasteiger charge is 2.16. The third kappa shape index (κ3) is 44.8. The van der Waals surface area contributed by atoms with Crippen LogP contribution in [0, 0.1) is 0 Å². The molecule has 0 radical (unpaired) electrons. The first kappa shape index (κ1) is 54.1. The molecule has 5 heteroatoms. The van der Waals surface area contributed by atoms with Gasteiger partial charge in [-0.1, -0.05) is 237 Å². The predicted octanol–water partition coefficient (Wildman–Crippen LogP) is 16.0. The van der Waals surface area contributed by atoms with E-state index in [1.54, 1.807) is 0 Å². The van der Waals surface area contributed by atoms with Gasteiger partial charge in [-0.25, -0.2) is 0 Å². The molecule has 5 nitrogen and oxygen atoms in total. The van der Waals surface area contributed by atoms with E-state index in [1.165, 1.54) is 167 Å². The Morgan fingerprint density at radius 1 is 0.429 bits per heavy atom. The zero-order valence-electron chi connectivity index (χ0n) is 37.4. The van der Waals surface area contributed by atoms with E-state index in [2.05, 4.69) is 50.3 Å². The van der Waals surface area contributed by atoms with Crippen LogP contribution in [0.2, 0.25) is 0 Å². The van der Waals surface area contributed by atoms with Crippen LogP contribution in [0.5, 0.6) is 0 Å². The number of aliphatic hydroxyl groups is 1. The number of aliphatic hydroxyl groups excluding tert-OH is 1. The van der Waals surface area contributed by atoms with Crippen molar-refractivity contribution in [3.05, 3.63) is 36.5 Å². The van der Waals surface area contributed by atoms with Gasteiger partial charge in [-0.05, 0) is 44.9 Å². The Hall–Kier alpha value is -1.88.